The van der Waals surface area contributed by atoms with Crippen LogP contribution in [0.4, 0.5) is 22.0 Å². The van der Waals surface area contributed by atoms with E-state index in [0.717, 1.165) is 7.11 Å². The van der Waals surface area contributed by atoms with Crippen molar-refractivity contribution < 1.29 is 41.3 Å². The maximum Gasteiger partial charge on any atom is 0.573 e. The first kappa shape index (κ1) is 14.9. The SMILES string of the molecule is COC(=O)c1ncc(C(F)F)c(OC(F)(F)F)c1O. The van der Waals surface area contributed by atoms with Gasteiger partial charge < -0.3 is 14.6 Å². The standard InChI is InChI=1S/C9H6F5NO4/c1-18-8(17)4-5(16)6(19-9(12,13)14)3(2-15-4)7(10)11/h2,7,16H,1H3. The highest BCUT2D eigenvalue weighted by molar-refractivity contribution is 5.91. The van der Waals surface area contributed by atoms with Crippen LogP contribution in [0.2, 0.25) is 0 Å². The highest BCUT2D eigenvalue weighted by atomic mass is 19.4. The van der Waals surface area contributed by atoms with Gasteiger partial charge in [0.15, 0.2) is 17.2 Å². The fraction of sp³-hybridized carbons (Fsp3) is 0.333. The molecule has 0 aliphatic carbocycles. The predicted octanol–water partition coefficient (Wildman–Crippen LogP) is 2.41. The summed E-state index contributed by atoms with van der Waals surface area (Å²) in [7, 11) is 0.870. The molecule has 0 bridgehead atoms. The van der Waals surface area contributed by atoms with Crippen molar-refractivity contribution in [2.45, 2.75) is 12.8 Å². The van der Waals surface area contributed by atoms with Crippen molar-refractivity contribution in [3.8, 4) is 11.5 Å². The molecule has 106 valence electrons. The minimum atomic E-state index is -5.32. The maximum atomic E-state index is 12.5. The average molecular weight is 287 g/mol. The monoisotopic (exact) mass is 287 g/mol. The van der Waals surface area contributed by atoms with E-state index in [1.807, 2.05) is 0 Å². The van der Waals surface area contributed by atoms with Gasteiger partial charge in [-0.25, -0.2) is 18.6 Å². The van der Waals surface area contributed by atoms with E-state index in [4.69, 9.17) is 0 Å². The molecule has 0 fully saturated rings. The van der Waals surface area contributed by atoms with Gasteiger partial charge >= 0.3 is 12.3 Å². The molecule has 0 unspecified atom stereocenters. The van der Waals surface area contributed by atoms with Crippen LogP contribution in [0.1, 0.15) is 22.5 Å². The molecule has 0 atom stereocenters. The molecular weight excluding hydrogens is 281 g/mol. The van der Waals surface area contributed by atoms with Crippen molar-refractivity contribution in [2.75, 3.05) is 7.11 Å². The number of rotatable bonds is 3. The number of ether oxygens (including phenoxy) is 2. The van der Waals surface area contributed by atoms with E-state index < -0.39 is 41.5 Å². The van der Waals surface area contributed by atoms with E-state index in [9.17, 15) is 31.9 Å². The normalized spacial score (nSPS) is 11.5. The Bertz CT molecular complexity index is 488. The summed E-state index contributed by atoms with van der Waals surface area (Å²) < 4.78 is 68.6. The quantitative estimate of drug-likeness (QED) is 0.683. The zero-order valence-electron chi connectivity index (χ0n) is 9.16. The van der Waals surface area contributed by atoms with Gasteiger partial charge in [0, 0.05) is 6.20 Å². The largest absolute Gasteiger partial charge is 0.573 e. The number of hydrogen-bond acceptors (Lipinski definition) is 5. The van der Waals surface area contributed by atoms with Crippen LogP contribution in [0.3, 0.4) is 0 Å². The van der Waals surface area contributed by atoms with Crippen LogP contribution in [0.15, 0.2) is 6.20 Å². The number of esters is 1. The van der Waals surface area contributed by atoms with Crippen LogP contribution in [0.5, 0.6) is 11.5 Å². The van der Waals surface area contributed by atoms with Crippen LogP contribution >= 0.6 is 0 Å². The topological polar surface area (TPSA) is 68.7 Å². The van der Waals surface area contributed by atoms with Crippen LogP contribution < -0.4 is 4.74 Å². The number of methoxy groups -OCH3 is 1. The van der Waals surface area contributed by atoms with E-state index in [2.05, 4.69) is 14.5 Å². The second kappa shape index (κ2) is 5.24. The maximum absolute atomic E-state index is 12.5. The zero-order chi connectivity index (χ0) is 14.8. The van der Waals surface area contributed by atoms with Crippen LogP contribution in [-0.2, 0) is 4.74 Å². The fourth-order valence-corrected chi connectivity index (χ4v) is 1.12. The molecule has 10 heteroatoms. The summed E-state index contributed by atoms with van der Waals surface area (Å²) in [5.74, 6) is -4.36. The highest BCUT2D eigenvalue weighted by Gasteiger charge is 2.36. The Morgan fingerprint density at radius 1 is 1.42 bits per heavy atom. The van der Waals surface area contributed by atoms with Crippen molar-refractivity contribution in [1.29, 1.82) is 0 Å². The molecule has 0 amide bonds. The first-order chi connectivity index (χ1) is 8.67. The highest BCUT2D eigenvalue weighted by Crippen LogP contribution is 2.40. The van der Waals surface area contributed by atoms with Gasteiger partial charge in [-0.05, 0) is 0 Å². The van der Waals surface area contributed by atoms with Gasteiger partial charge in [0.2, 0.25) is 0 Å². The molecule has 5 nitrogen and oxygen atoms in total. The Morgan fingerprint density at radius 3 is 2.42 bits per heavy atom. The number of hydrogen-bond donors (Lipinski definition) is 1. The fourth-order valence-electron chi connectivity index (χ4n) is 1.12. The Labute approximate surface area is 102 Å². The lowest BCUT2D eigenvalue weighted by Crippen LogP contribution is -2.19. The number of pyridine rings is 1. The van der Waals surface area contributed by atoms with E-state index in [0.29, 0.717) is 0 Å². The molecule has 1 heterocycles. The number of carbonyl (C=O) groups excluding carboxylic acids is 1. The summed E-state index contributed by atoms with van der Waals surface area (Å²) in [6.07, 6.45) is -8.42. The number of carbonyl (C=O) groups is 1. The second-order valence-corrected chi connectivity index (χ2v) is 3.08. The van der Waals surface area contributed by atoms with Crippen LogP contribution in [-0.4, -0.2) is 29.5 Å². The molecule has 0 aliphatic rings. The van der Waals surface area contributed by atoms with Crippen molar-refractivity contribution in [1.82, 2.24) is 4.98 Å². The molecule has 0 spiro atoms. The summed E-state index contributed by atoms with van der Waals surface area (Å²) in [5.41, 5.74) is -2.27. The van der Waals surface area contributed by atoms with Crippen molar-refractivity contribution in [3.63, 3.8) is 0 Å². The summed E-state index contributed by atoms with van der Waals surface area (Å²) >= 11 is 0. The minimum absolute atomic E-state index is 0.289. The van der Waals surface area contributed by atoms with Gasteiger partial charge in [0.1, 0.15) is 0 Å². The minimum Gasteiger partial charge on any atom is -0.503 e. The number of halogens is 5. The van der Waals surface area contributed by atoms with Gasteiger partial charge in [0.05, 0.1) is 12.7 Å². The third-order valence-corrected chi connectivity index (χ3v) is 1.87. The molecule has 1 N–H and O–H groups in total. The van der Waals surface area contributed by atoms with Gasteiger partial charge in [-0.2, -0.15) is 0 Å². The lowest BCUT2D eigenvalue weighted by atomic mass is 10.2. The number of alkyl halides is 5. The molecule has 0 saturated carbocycles. The molecule has 0 aromatic carbocycles. The summed E-state index contributed by atoms with van der Waals surface area (Å²) in [5, 5.41) is 9.36. The molecule has 0 radical (unpaired) electrons. The summed E-state index contributed by atoms with van der Waals surface area (Å²) in [4.78, 5) is 14.2. The average Bonchev–Trinajstić information content (AvgIpc) is 2.28. The smallest absolute Gasteiger partial charge is 0.503 e. The Kier molecular flexibility index (Phi) is 4.12. The Balaban J connectivity index is 3.40. The van der Waals surface area contributed by atoms with E-state index >= 15 is 0 Å². The third-order valence-electron chi connectivity index (χ3n) is 1.87. The molecule has 19 heavy (non-hydrogen) atoms. The molecule has 1 aromatic heterocycles. The van der Waals surface area contributed by atoms with Gasteiger partial charge in [-0.15, -0.1) is 13.2 Å². The lowest BCUT2D eigenvalue weighted by molar-refractivity contribution is -0.275. The predicted molar refractivity (Wildman–Crippen MR) is 48.9 cm³/mol. The van der Waals surface area contributed by atoms with Crippen LogP contribution in [0, 0.1) is 0 Å². The van der Waals surface area contributed by atoms with Crippen molar-refractivity contribution >= 4 is 5.97 Å². The first-order valence-electron chi connectivity index (χ1n) is 4.51. The molecule has 1 aromatic rings. The molecule has 1 rings (SSSR count). The second-order valence-electron chi connectivity index (χ2n) is 3.08. The zero-order valence-corrected chi connectivity index (χ0v) is 9.16. The number of nitrogens with zero attached hydrogens (tertiary/aromatic N) is 1. The number of aromatic nitrogens is 1. The molecular formula is C9H6F5NO4. The van der Waals surface area contributed by atoms with Gasteiger partial charge in [-0.3, -0.25) is 0 Å². The van der Waals surface area contributed by atoms with Crippen molar-refractivity contribution in [2.24, 2.45) is 0 Å². The van der Waals surface area contributed by atoms with E-state index in [-0.39, 0.29) is 6.20 Å². The summed E-state index contributed by atoms with van der Waals surface area (Å²) in [6.45, 7) is 0. The van der Waals surface area contributed by atoms with Crippen LogP contribution in [0.25, 0.3) is 0 Å². The van der Waals surface area contributed by atoms with Gasteiger partial charge in [0.25, 0.3) is 6.43 Å². The third kappa shape index (κ3) is 3.42. The number of aromatic hydroxyl groups is 1. The van der Waals surface area contributed by atoms with Crippen molar-refractivity contribution in [3.05, 3.63) is 17.5 Å². The summed E-state index contributed by atoms with van der Waals surface area (Å²) in [6, 6.07) is 0. The Hall–Kier alpha value is -2.13. The molecule has 0 saturated heterocycles. The van der Waals surface area contributed by atoms with E-state index in [1.54, 1.807) is 0 Å². The lowest BCUT2D eigenvalue weighted by Gasteiger charge is -2.15. The van der Waals surface area contributed by atoms with E-state index in [1.165, 1.54) is 0 Å². The van der Waals surface area contributed by atoms with Gasteiger partial charge in [-0.1, -0.05) is 0 Å². The first-order valence-corrected chi connectivity index (χ1v) is 4.51. The Morgan fingerprint density at radius 2 is 2.00 bits per heavy atom. The molecule has 0 aliphatic heterocycles.